The van der Waals surface area contributed by atoms with Crippen LogP contribution in [0.1, 0.15) is 66.6 Å². The van der Waals surface area contributed by atoms with E-state index in [9.17, 15) is 8.42 Å². The van der Waals surface area contributed by atoms with E-state index in [0.29, 0.717) is 15.5 Å². The lowest BCUT2D eigenvalue weighted by Gasteiger charge is -2.57. The molecule has 0 saturated heterocycles. The molecule has 4 aliphatic carbocycles. The van der Waals surface area contributed by atoms with Gasteiger partial charge in [-0.05, 0) is 113 Å². The van der Waals surface area contributed by atoms with Crippen molar-refractivity contribution in [2.75, 3.05) is 0 Å². The van der Waals surface area contributed by atoms with E-state index < -0.39 is 10.0 Å². The molecular weight excluding hydrogens is 404 g/mol. The van der Waals surface area contributed by atoms with Crippen LogP contribution in [-0.2, 0) is 15.4 Å². The van der Waals surface area contributed by atoms with Crippen molar-refractivity contribution in [3.05, 3.63) is 45.2 Å². The summed E-state index contributed by atoms with van der Waals surface area (Å²) < 4.78 is 28.5. The van der Waals surface area contributed by atoms with E-state index in [-0.39, 0.29) is 5.41 Å². The Morgan fingerprint density at radius 2 is 1.52 bits per heavy atom. The molecule has 4 nitrogen and oxygen atoms in total. The topological polar surface area (TPSA) is 52.0 Å². The zero-order valence-corrected chi connectivity index (χ0v) is 19.2. The normalized spacial score (nSPS) is 30.9. The zero-order valence-electron chi connectivity index (χ0n) is 17.6. The van der Waals surface area contributed by atoms with E-state index in [1.165, 1.54) is 48.2 Å². The molecule has 29 heavy (non-hydrogen) atoms. The van der Waals surface area contributed by atoms with Gasteiger partial charge < -0.3 is 0 Å². The maximum absolute atomic E-state index is 13.6. The van der Waals surface area contributed by atoms with Crippen LogP contribution in [0.5, 0.6) is 0 Å². The van der Waals surface area contributed by atoms with Crippen LogP contribution in [0.25, 0.3) is 0 Å². The van der Waals surface area contributed by atoms with Gasteiger partial charge in [0, 0.05) is 10.6 Å². The van der Waals surface area contributed by atoms with Crippen molar-refractivity contribution in [2.45, 2.75) is 76.5 Å². The fraction of sp³-hybridized carbons (Fsp3) is 0.609. The van der Waals surface area contributed by atoms with E-state index in [1.807, 2.05) is 20.8 Å². The molecule has 4 aliphatic rings. The smallest absolute Gasteiger partial charge is 0.199 e. The summed E-state index contributed by atoms with van der Waals surface area (Å²) in [5, 5.41) is 5.19. The molecule has 0 N–H and O–H groups in total. The van der Waals surface area contributed by atoms with Crippen LogP contribution in [0, 0.1) is 45.4 Å². The Morgan fingerprint density at radius 3 is 2.07 bits per heavy atom. The maximum Gasteiger partial charge on any atom is 0.283 e. The average Bonchev–Trinajstić information content (AvgIpc) is 2.92. The van der Waals surface area contributed by atoms with Crippen molar-refractivity contribution >= 4 is 21.6 Å². The third-order valence-corrected chi connectivity index (χ3v) is 10.00. The van der Waals surface area contributed by atoms with Crippen LogP contribution in [-0.4, -0.2) is 17.6 Å². The number of aromatic nitrogens is 2. The number of halogens is 1. The lowest BCUT2D eigenvalue weighted by atomic mass is 9.48. The minimum Gasteiger partial charge on any atom is -0.199 e. The van der Waals surface area contributed by atoms with Crippen LogP contribution >= 0.6 is 11.6 Å². The molecule has 0 unspecified atom stereocenters. The van der Waals surface area contributed by atoms with Crippen LogP contribution in [0.3, 0.4) is 0 Å². The van der Waals surface area contributed by atoms with E-state index in [2.05, 4.69) is 5.10 Å². The van der Waals surface area contributed by atoms with Gasteiger partial charge in [-0.25, -0.2) is 0 Å². The van der Waals surface area contributed by atoms with Crippen molar-refractivity contribution in [3.63, 3.8) is 0 Å². The van der Waals surface area contributed by atoms with Crippen LogP contribution < -0.4 is 0 Å². The van der Waals surface area contributed by atoms with Gasteiger partial charge in [-0.15, -0.1) is 0 Å². The van der Waals surface area contributed by atoms with Crippen molar-refractivity contribution in [3.8, 4) is 0 Å². The van der Waals surface area contributed by atoms with Crippen molar-refractivity contribution in [1.29, 1.82) is 0 Å². The molecule has 4 fully saturated rings. The Labute approximate surface area is 178 Å². The van der Waals surface area contributed by atoms with Gasteiger partial charge >= 0.3 is 0 Å². The number of benzene rings is 1. The monoisotopic (exact) mass is 432 g/mol. The first kappa shape index (κ1) is 19.6. The van der Waals surface area contributed by atoms with Crippen molar-refractivity contribution in [1.82, 2.24) is 9.19 Å². The van der Waals surface area contributed by atoms with E-state index in [4.69, 9.17) is 11.6 Å². The lowest BCUT2D eigenvalue weighted by Crippen LogP contribution is -2.49. The summed E-state index contributed by atoms with van der Waals surface area (Å²) in [4.78, 5) is 0.294. The Bertz CT molecular complexity index is 1080. The molecule has 156 valence electrons. The molecule has 2 aromatic rings. The molecule has 4 bridgehead atoms. The van der Waals surface area contributed by atoms with Gasteiger partial charge in [0.25, 0.3) is 10.0 Å². The van der Waals surface area contributed by atoms with Gasteiger partial charge in [0.15, 0.2) is 0 Å². The molecular formula is C23H29ClN2O2S. The Balaban J connectivity index is 1.64. The fourth-order valence-electron chi connectivity index (χ4n) is 7.16. The highest BCUT2D eigenvalue weighted by atomic mass is 35.5. The zero-order chi connectivity index (χ0) is 20.7. The number of nitrogens with zero attached hydrogens (tertiary/aromatic N) is 2. The summed E-state index contributed by atoms with van der Waals surface area (Å²) in [5.41, 5.74) is 4.45. The third kappa shape index (κ3) is 2.83. The van der Waals surface area contributed by atoms with Gasteiger partial charge in [0.2, 0.25) is 0 Å². The summed E-state index contributed by atoms with van der Waals surface area (Å²) >= 11 is 6.20. The largest absolute Gasteiger partial charge is 0.283 e. The standard InChI is InChI=1S/C23H29ClN2O2S/c1-13-6-21(14(2)5-20(13)24)29(27,28)26-16(4)22(15(3)25-26)23-10-17-7-18(11-23)9-19(8-17)12-23/h5-6,17-19H,7-12H2,1-4H3. The van der Waals surface area contributed by atoms with Gasteiger partial charge in [-0.3, -0.25) is 0 Å². The second-order valence-corrected chi connectivity index (χ2v) is 12.1. The summed E-state index contributed by atoms with van der Waals surface area (Å²) in [5.74, 6) is 2.42. The Morgan fingerprint density at radius 1 is 0.966 bits per heavy atom. The predicted molar refractivity (Wildman–Crippen MR) is 115 cm³/mol. The number of hydrogen-bond acceptors (Lipinski definition) is 3. The van der Waals surface area contributed by atoms with E-state index in [0.717, 1.165) is 34.7 Å². The van der Waals surface area contributed by atoms with Crippen LogP contribution in [0.4, 0.5) is 0 Å². The molecule has 6 rings (SSSR count). The minimum absolute atomic E-state index is 0.127. The SMILES string of the molecule is Cc1cc(S(=O)(=O)n2nc(C)c(C34CC5CC(CC(C5)C3)C4)c2C)c(C)cc1Cl. The molecule has 1 heterocycles. The quantitative estimate of drug-likeness (QED) is 0.645. The second-order valence-electron chi connectivity index (χ2n) is 9.96. The summed E-state index contributed by atoms with van der Waals surface area (Å²) in [6.07, 6.45) is 7.70. The van der Waals surface area contributed by atoms with Gasteiger partial charge in [-0.2, -0.15) is 17.6 Å². The van der Waals surface area contributed by atoms with E-state index in [1.54, 1.807) is 19.1 Å². The van der Waals surface area contributed by atoms with E-state index >= 15 is 0 Å². The Hall–Kier alpha value is -1.33. The molecule has 4 saturated carbocycles. The lowest BCUT2D eigenvalue weighted by molar-refractivity contribution is -0.00574. The first-order valence-electron chi connectivity index (χ1n) is 10.7. The molecule has 6 heteroatoms. The molecule has 1 aromatic heterocycles. The number of rotatable bonds is 3. The molecule has 0 atom stereocenters. The molecule has 0 spiro atoms. The Kier molecular flexibility index (Phi) is 4.29. The first-order chi connectivity index (χ1) is 13.6. The highest BCUT2D eigenvalue weighted by Crippen LogP contribution is 2.61. The fourth-order valence-corrected chi connectivity index (χ4v) is 9.04. The highest BCUT2D eigenvalue weighted by Gasteiger charge is 2.53. The van der Waals surface area contributed by atoms with Gasteiger partial charge in [0.05, 0.1) is 16.3 Å². The third-order valence-electron chi connectivity index (χ3n) is 7.78. The highest BCUT2D eigenvalue weighted by molar-refractivity contribution is 7.90. The molecule has 0 amide bonds. The van der Waals surface area contributed by atoms with Crippen molar-refractivity contribution in [2.24, 2.45) is 17.8 Å². The van der Waals surface area contributed by atoms with Crippen LogP contribution in [0.15, 0.2) is 17.0 Å². The van der Waals surface area contributed by atoms with Gasteiger partial charge in [0.1, 0.15) is 0 Å². The first-order valence-corrected chi connectivity index (χ1v) is 12.5. The average molecular weight is 433 g/mol. The predicted octanol–water partition coefficient (Wildman–Crippen LogP) is 5.47. The summed E-state index contributed by atoms with van der Waals surface area (Å²) in [7, 11) is -3.77. The summed E-state index contributed by atoms with van der Waals surface area (Å²) in [6.45, 7) is 7.57. The molecule has 0 radical (unpaired) electrons. The number of hydrogen-bond donors (Lipinski definition) is 0. The summed E-state index contributed by atoms with van der Waals surface area (Å²) in [6, 6.07) is 3.41. The second kappa shape index (κ2) is 6.34. The maximum atomic E-state index is 13.6. The van der Waals surface area contributed by atoms with Crippen molar-refractivity contribution < 1.29 is 8.42 Å². The van der Waals surface area contributed by atoms with Gasteiger partial charge in [-0.1, -0.05) is 11.6 Å². The molecule has 1 aromatic carbocycles. The number of aryl methyl sites for hydroxylation is 3. The van der Waals surface area contributed by atoms with Crippen LogP contribution in [0.2, 0.25) is 5.02 Å². The minimum atomic E-state index is -3.77. The molecule has 0 aliphatic heterocycles.